The molecule has 3 heteroatoms. The summed E-state index contributed by atoms with van der Waals surface area (Å²) in [5.41, 5.74) is 8.53. The second kappa shape index (κ2) is 5.40. The number of nitrogens with zero attached hydrogens (tertiary/aromatic N) is 1. The van der Waals surface area contributed by atoms with Gasteiger partial charge < -0.3 is 10.6 Å². The summed E-state index contributed by atoms with van der Waals surface area (Å²) in [6.07, 6.45) is 0. The minimum absolute atomic E-state index is 0.0771. The molecule has 0 bridgehead atoms. The predicted octanol–water partition coefficient (Wildman–Crippen LogP) is 3.95. The lowest BCUT2D eigenvalue weighted by Crippen LogP contribution is -2.29. The number of hydrogen-bond donors (Lipinski definition) is 1. The largest absolute Gasteiger partial charge is 0.373 e. The van der Waals surface area contributed by atoms with Gasteiger partial charge in [0.05, 0.1) is 5.69 Å². The van der Waals surface area contributed by atoms with Crippen LogP contribution < -0.4 is 10.6 Å². The van der Waals surface area contributed by atoms with Gasteiger partial charge in [-0.1, -0.05) is 26.8 Å². The van der Waals surface area contributed by atoms with Crippen LogP contribution in [-0.2, 0) is 0 Å². The van der Waals surface area contributed by atoms with E-state index in [1.807, 2.05) is 6.92 Å². The number of hydrogen-bond acceptors (Lipinski definition) is 2. The quantitative estimate of drug-likeness (QED) is 0.915. The van der Waals surface area contributed by atoms with Gasteiger partial charge in [-0.05, 0) is 46.0 Å². The van der Waals surface area contributed by atoms with Gasteiger partial charge in [0.15, 0.2) is 0 Å². The number of benzene rings is 1. The first kappa shape index (κ1) is 14.5. The highest BCUT2D eigenvalue weighted by atomic mass is 79.9. The van der Waals surface area contributed by atoms with Gasteiger partial charge in [-0.2, -0.15) is 0 Å². The van der Waals surface area contributed by atoms with Crippen LogP contribution in [0.15, 0.2) is 22.7 Å². The van der Waals surface area contributed by atoms with Crippen molar-refractivity contribution in [2.45, 2.75) is 33.7 Å². The van der Waals surface area contributed by atoms with Gasteiger partial charge in [0.2, 0.25) is 0 Å². The summed E-state index contributed by atoms with van der Waals surface area (Å²) in [5, 5.41) is 0. The number of rotatable bonds is 3. The summed E-state index contributed by atoms with van der Waals surface area (Å²) in [4.78, 5) is 2.27. The predicted molar refractivity (Wildman–Crippen MR) is 79.5 cm³/mol. The fourth-order valence-electron chi connectivity index (χ4n) is 1.91. The third kappa shape index (κ3) is 4.32. The molecule has 0 aliphatic rings. The summed E-state index contributed by atoms with van der Waals surface area (Å²) in [6.45, 7) is 9.75. The fraction of sp³-hybridized carbons (Fsp3) is 0.571. The summed E-state index contributed by atoms with van der Waals surface area (Å²) < 4.78 is 1.11. The molecule has 0 fully saturated rings. The topological polar surface area (TPSA) is 29.3 Å². The van der Waals surface area contributed by atoms with Gasteiger partial charge in [0.1, 0.15) is 0 Å². The van der Waals surface area contributed by atoms with Gasteiger partial charge in [-0.25, -0.2) is 0 Å². The molecule has 1 aromatic rings. The number of anilines is 1. The van der Waals surface area contributed by atoms with Crippen molar-refractivity contribution in [3.63, 3.8) is 0 Å². The van der Waals surface area contributed by atoms with E-state index in [0.29, 0.717) is 0 Å². The van der Waals surface area contributed by atoms with E-state index in [0.717, 1.165) is 16.6 Å². The van der Waals surface area contributed by atoms with Crippen LogP contribution in [0.25, 0.3) is 0 Å². The van der Waals surface area contributed by atoms with Gasteiger partial charge in [-0.3, -0.25) is 0 Å². The average molecular weight is 299 g/mol. The molecule has 0 heterocycles. The van der Waals surface area contributed by atoms with E-state index in [-0.39, 0.29) is 11.5 Å². The normalized spacial score (nSPS) is 13.6. The van der Waals surface area contributed by atoms with Crippen molar-refractivity contribution in [3.05, 3.63) is 28.2 Å². The first-order valence-electron chi connectivity index (χ1n) is 5.97. The smallest absolute Gasteiger partial charge is 0.0508 e. The van der Waals surface area contributed by atoms with Gasteiger partial charge in [-0.15, -0.1) is 0 Å². The fourth-order valence-corrected chi connectivity index (χ4v) is 2.61. The zero-order valence-electron chi connectivity index (χ0n) is 11.4. The van der Waals surface area contributed by atoms with E-state index in [1.165, 1.54) is 5.69 Å². The summed E-state index contributed by atoms with van der Waals surface area (Å²) in [5.74, 6) is 0. The van der Waals surface area contributed by atoms with Crippen molar-refractivity contribution in [3.8, 4) is 0 Å². The highest BCUT2D eigenvalue weighted by Gasteiger charge is 2.16. The Labute approximate surface area is 113 Å². The molecule has 2 N–H and O–H groups in total. The molecule has 1 rings (SSSR count). The molecular formula is C14H23BrN2. The second-order valence-electron chi connectivity index (χ2n) is 5.92. The van der Waals surface area contributed by atoms with Gasteiger partial charge in [0.25, 0.3) is 0 Å². The van der Waals surface area contributed by atoms with E-state index in [9.17, 15) is 0 Å². The maximum Gasteiger partial charge on any atom is 0.0508 e. The van der Waals surface area contributed by atoms with Crippen molar-refractivity contribution >= 4 is 21.6 Å². The molecular weight excluding hydrogens is 276 g/mol. The minimum atomic E-state index is 0.0771. The third-order valence-electron chi connectivity index (χ3n) is 2.62. The van der Waals surface area contributed by atoms with Crippen LogP contribution in [0.1, 0.15) is 39.3 Å². The SMILES string of the molecule is CC(N)c1ccc(N(C)CC(C)(C)C)c(Br)c1. The van der Waals surface area contributed by atoms with Crippen LogP contribution in [0.2, 0.25) is 0 Å². The Morgan fingerprint density at radius 2 is 1.94 bits per heavy atom. The van der Waals surface area contributed by atoms with E-state index in [4.69, 9.17) is 5.73 Å². The molecule has 0 aromatic heterocycles. The Kier molecular flexibility index (Phi) is 4.62. The first-order chi connectivity index (χ1) is 7.70. The van der Waals surface area contributed by atoms with E-state index < -0.39 is 0 Å². The highest BCUT2D eigenvalue weighted by Crippen LogP contribution is 2.30. The van der Waals surface area contributed by atoms with Crippen molar-refractivity contribution < 1.29 is 0 Å². The third-order valence-corrected chi connectivity index (χ3v) is 3.26. The standard InChI is InChI=1S/C14H23BrN2/c1-10(16)11-6-7-13(12(15)8-11)17(5)9-14(2,3)4/h6-8,10H,9,16H2,1-5H3. The van der Waals surface area contributed by atoms with Crippen molar-refractivity contribution in [1.82, 2.24) is 0 Å². The number of halogens is 1. The van der Waals surface area contributed by atoms with Crippen LogP contribution in [0.5, 0.6) is 0 Å². The average Bonchev–Trinajstić information content (AvgIpc) is 2.14. The zero-order valence-corrected chi connectivity index (χ0v) is 13.0. The first-order valence-corrected chi connectivity index (χ1v) is 6.76. The Morgan fingerprint density at radius 1 is 1.35 bits per heavy atom. The van der Waals surface area contributed by atoms with E-state index in [2.05, 4.69) is 66.8 Å². The van der Waals surface area contributed by atoms with Crippen LogP contribution in [0.3, 0.4) is 0 Å². The molecule has 2 nitrogen and oxygen atoms in total. The molecule has 0 saturated carbocycles. The van der Waals surface area contributed by atoms with Gasteiger partial charge in [0, 0.05) is 24.1 Å². The molecule has 0 saturated heterocycles. The lowest BCUT2D eigenvalue weighted by Gasteiger charge is -2.29. The number of nitrogens with two attached hydrogens (primary N) is 1. The molecule has 1 atom stereocenters. The van der Waals surface area contributed by atoms with Gasteiger partial charge >= 0.3 is 0 Å². The Hall–Kier alpha value is -0.540. The van der Waals surface area contributed by atoms with Crippen molar-refractivity contribution in [2.24, 2.45) is 11.1 Å². The van der Waals surface area contributed by atoms with Crippen molar-refractivity contribution in [2.75, 3.05) is 18.5 Å². The lowest BCUT2D eigenvalue weighted by molar-refractivity contribution is 0.419. The second-order valence-corrected chi connectivity index (χ2v) is 6.77. The van der Waals surface area contributed by atoms with Crippen LogP contribution in [-0.4, -0.2) is 13.6 Å². The summed E-state index contributed by atoms with van der Waals surface area (Å²) >= 11 is 3.63. The van der Waals surface area contributed by atoms with E-state index >= 15 is 0 Å². The Morgan fingerprint density at radius 3 is 2.35 bits per heavy atom. The maximum absolute atomic E-state index is 5.88. The molecule has 0 radical (unpaired) electrons. The maximum atomic E-state index is 5.88. The molecule has 0 aliphatic heterocycles. The molecule has 1 unspecified atom stereocenters. The molecule has 0 aliphatic carbocycles. The summed E-state index contributed by atoms with van der Waals surface area (Å²) in [7, 11) is 2.12. The Balaban J connectivity index is 2.92. The van der Waals surface area contributed by atoms with Crippen LogP contribution in [0, 0.1) is 5.41 Å². The highest BCUT2D eigenvalue weighted by molar-refractivity contribution is 9.10. The lowest BCUT2D eigenvalue weighted by atomic mass is 9.96. The van der Waals surface area contributed by atoms with Crippen LogP contribution >= 0.6 is 15.9 Å². The monoisotopic (exact) mass is 298 g/mol. The molecule has 0 amide bonds. The summed E-state index contributed by atoms with van der Waals surface area (Å²) in [6, 6.07) is 6.42. The van der Waals surface area contributed by atoms with Crippen molar-refractivity contribution in [1.29, 1.82) is 0 Å². The molecule has 1 aromatic carbocycles. The minimum Gasteiger partial charge on any atom is -0.373 e. The Bertz CT molecular complexity index is 380. The van der Waals surface area contributed by atoms with E-state index in [1.54, 1.807) is 0 Å². The molecule has 17 heavy (non-hydrogen) atoms. The molecule has 96 valence electrons. The zero-order chi connectivity index (χ0) is 13.2. The molecule has 0 spiro atoms. The van der Waals surface area contributed by atoms with Crippen LogP contribution in [0.4, 0.5) is 5.69 Å².